The summed E-state index contributed by atoms with van der Waals surface area (Å²) in [6.07, 6.45) is 1.26. The van der Waals surface area contributed by atoms with Gasteiger partial charge >= 0.3 is 0 Å². The first-order chi connectivity index (χ1) is 5.95. The zero-order valence-electron chi connectivity index (χ0n) is 9.80. The number of hydrogen-bond acceptors (Lipinski definition) is 2. The van der Waals surface area contributed by atoms with Crippen LogP contribution in [0, 0.1) is 5.41 Å². The Morgan fingerprint density at radius 3 is 2.38 bits per heavy atom. The van der Waals surface area contributed by atoms with Crippen LogP contribution < -0.4 is 0 Å². The van der Waals surface area contributed by atoms with Crippen LogP contribution in [-0.4, -0.2) is 42.6 Å². The van der Waals surface area contributed by atoms with E-state index in [0.29, 0.717) is 5.41 Å². The molecule has 1 aliphatic rings. The summed E-state index contributed by atoms with van der Waals surface area (Å²) in [4.78, 5) is 5.03. The van der Waals surface area contributed by atoms with E-state index in [0.717, 1.165) is 12.7 Å². The molecule has 0 radical (unpaired) electrons. The van der Waals surface area contributed by atoms with Gasteiger partial charge in [0.05, 0.1) is 6.67 Å². The van der Waals surface area contributed by atoms with Gasteiger partial charge in [-0.15, -0.1) is 0 Å². The van der Waals surface area contributed by atoms with E-state index < -0.39 is 0 Å². The highest BCUT2D eigenvalue weighted by molar-refractivity contribution is 4.89. The lowest BCUT2D eigenvalue weighted by Gasteiger charge is -2.33. The first-order valence-electron chi connectivity index (χ1n) is 5.37. The lowest BCUT2D eigenvalue weighted by molar-refractivity contribution is 0.146. The molecule has 0 saturated carbocycles. The normalized spacial score (nSPS) is 27.0. The Balaban J connectivity index is 2.60. The summed E-state index contributed by atoms with van der Waals surface area (Å²) in [7, 11) is 2.22. The van der Waals surface area contributed by atoms with E-state index in [2.05, 4.69) is 44.5 Å². The highest BCUT2D eigenvalue weighted by atomic mass is 15.4. The SMILES string of the molecule is CCCN1CN(C)CC1C(C)(C)C. The zero-order valence-corrected chi connectivity index (χ0v) is 9.80. The van der Waals surface area contributed by atoms with Crippen LogP contribution in [0.3, 0.4) is 0 Å². The molecule has 1 rings (SSSR count). The van der Waals surface area contributed by atoms with Crippen LogP contribution in [0.2, 0.25) is 0 Å². The molecule has 1 atom stereocenters. The van der Waals surface area contributed by atoms with Gasteiger partial charge in [-0.05, 0) is 25.4 Å². The molecular formula is C11H24N2. The standard InChI is InChI=1S/C11H24N2/c1-6-7-13-9-12(5)8-10(13)11(2,3)4/h10H,6-9H2,1-5H3. The number of nitrogens with zero attached hydrogens (tertiary/aromatic N) is 2. The monoisotopic (exact) mass is 184 g/mol. The molecule has 0 amide bonds. The number of likely N-dealkylation sites (N-methyl/N-ethyl adjacent to an activating group) is 1. The van der Waals surface area contributed by atoms with E-state index in [1.807, 2.05) is 0 Å². The summed E-state index contributed by atoms with van der Waals surface area (Å²) in [5.41, 5.74) is 0.417. The maximum Gasteiger partial charge on any atom is 0.0507 e. The molecule has 1 heterocycles. The minimum Gasteiger partial charge on any atom is -0.292 e. The predicted octanol–water partition coefficient (Wildman–Crippen LogP) is 2.02. The van der Waals surface area contributed by atoms with Crippen molar-refractivity contribution < 1.29 is 0 Å². The topological polar surface area (TPSA) is 6.48 Å². The van der Waals surface area contributed by atoms with Gasteiger partial charge in [-0.1, -0.05) is 27.7 Å². The van der Waals surface area contributed by atoms with Gasteiger partial charge in [-0.25, -0.2) is 0 Å². The largest absolute Gasteiger partial charge is 0.292 e. The summed E-state index contributed by atoms with van der Waals surface area (Å²) in [6, 6.07) is 0.734. The average Bonchev–Trinajstić information content (AvgIpc) is 2.30. The zero-order chi connectivity index (χ0) is 10.1. The third-order valence-electron chi connectivity index (χ3n) is 2.86. The smallest absolute Gasteiger partial charge is 0.0507 e. The maximum atomic E-state index is 2.61. The van der Waals surface area contributed by atoms with Crippen LogP contribution in [-0.2, 0) is 0 Å². The fourth-order valence-corrected chi connectivity index (χ4v) is 2.21. The molecule has 0 bridgehead atoms. The minimum atomic E-state index is 0.417. The van der Waals surface area contributed by atoms with E-state index in [4.69, 9.17) is 0 Å². The molecule has 2 nitrogen and oxygen atoms in total. The van der Waals surface area contributed by atoms with Gasteiger partial charge in [0.1, 0.15) is 0 Å². The van der Waals surface area contributed by atoms with E-state index in [-0.39, 0.29) is 0 Å². The van der Waals surface area contributed by atoms with Crippen LogP contribution >= 0.6 is 0 Å². The second kappa shape index (κ2) is 3.97. The molecule has 0 aromatic heterocycles. The Kier molecular flexibility index (Phi) is 3.36. The van der Waals surface area contributed by atoms with Crippen molar-refractivity contribution in [3.8, 4) is 0 Å². The molecule has 0 aromatic rings. The molecule has 1 fully saturated rings. The van der Waals surface area contributed by atoms with Crippen LogP contribution in [0.1, 0.15) is 34.1 Å². The molecular weight excluding hydrogens is 160 g/mol. The second-order valence-electron chi connectivity index (χ2n) is 5.37. The maximum absolute atomic E-state index is 2.61. The second-order valence-corrected chi connectivity index (χ2v) is 5.37. The first kappa shape index (κ1) is 11.0. The molecule has 78 valence electrons. The van der Waals surface area contributed by atoms with Gasteiger partial charge < -0.3 is 0 Å². The van der Waals surface area contributed by atoms with Crippen molar-refractivity contribution in [2.45, 2.75) is 40.2 Å². The Bertz CT molecular complexity index is 160. The van der Waals surface area contributed by atoms with Gasteiger partial charge in [-0.2, -0.15) is 0 Å². The number of hydrogen-bond donors (Lipinski definition) is 0. The van der Waals surface area contributed by atoms with Gasteiger partial charge in [0.15, 0.2) is 0 Å². The molecule has 1 aliphatic heterocycles. The van der Waals surface area contributed by atoms with Crippen molar-refractivity contribution >= 4 is 0 Å². The van der Waals surface area contributed by atoms with Crippen molar-refractivity contribution in [3.63, 3.8) is 0 Å². The number of rotatable bonds is 2. The van der Waals surface area contributed by atoms with Gasteiger partial charge in [-0.3, -0.25) is 9.80 Å². The lowest BCUT2D eigenvalue weighted by atomic mass is 9.86. The molecule has 0 N–H and O–H groups in total. The van der Waals surface area contributed by atoms with Crippen LogP contribution in [0.25, 0.3) is 0 Å². The van der Waals surface area contributed by atoms with Crippen LogP contribution in [0.15, 0.2) is 0 Å². The quantitative estimate of drug-likeness (QED) is 0.648. The summed E-state index contributed by atoms with van der Waals surface area (Å²) in [5.74, 6) is 0. The highest BCUT2D eigenvalue weighted by Crippen LogP contribution is 2.28. The molecule has 13 heavy (non-hydrogen) atoms. The van der Waals surface area contributed by atoms with E-state index in [9.17, 15) is 0 Å². The molecule has 0 aliphatic carbocycles. The van der Waals surface area contributed by atoms with Crippen molar-refractivity contribution in [1.82, 2.24) is 9.80 Å². The van der Waals surface area contributed by atoms with Crippen molar-refractivity contribution in [3.05, 3.63) is 0 Å². The van der Waals surface area contributed by atoms with Crippen molar-refractivity contribution in [2.75, 3.05) is 26.8 Å². The highest BCUT2D eigenvalue weighted by Gasteiger charge is 2.35. The van der Waals surface area contributed by atoms with E-state index >= 15 is 0 Å². The van der Waals surface area contributed by atoms with E-state index in [1.54, 1.807) is 0 Å². The van der Waals surface area contributed by atoms with Gasteiger partial charge in [0.2, 0.25) is 0 Å². The van der Waals surface area contributed by atoms with Crippen LogP contribution in [0.5, 0.6) is 0 Å². The Hall–Kier alpha value is -0.0800. The van der Waals surface area contributed by atoms with Gasteiger partial charge in [0, 0.05) is 12.6 Å². The summed E-state index contributed by atoms with van der Waals surface area (Å²) < 4.78 is 0. The molecule has 1 saturated heterocycles. The Labute approximate surface area is 82.9 Å². The predicted molar refractivity (Wildman–Crippen MR) is 57.7 cm³/mol. The Morgan fingerprint density at radius 1 is 1.31 bits per heavy atom. The van der Waals surface area contributed by atoms with Gasteiger partial charge in [0.25, 0.3) is 0 Å². The van der Waals surface area contributed by atoms with Crippen molar-refractivity contribution in [2.24, 2.45) is 5.41 Å². The third-order valence-corrected chi connectivity index (χ3v) is 2.86. The average molecular weight is 184 g/mol. The third kappa shape index (κ3) is 2.68. The van der Waals surface area contributed by atoms with Crippen LogP contribution in [0.4, 0.5) is 0 Å². The summed E-state index contributed by atoms with van der Waals surface area (Å²) in [5, 5.41) is 0. The lowest BCUT2D eigenvalue weighted by Crippen LogP contribution is -2.41. The molecule has 2 heteroatoms. The Morgan fingerprint density at radius 2 is 1.92 bits per heavy atom. The fraction of sp³-hybridized carbons (Fsp3) is 1.00. The van der Waals surface area contributed by atoms with E-state index in [1.165, 1.54) is 19.5 Å². The molecule has 1 unspecified atom stereocenters. The summed E-state index contributed by atoms with van der Waals surface area (Å²) >= 11 is 0. The first-order valence-corrected chi connectivity index (χ1v) is 5.37. The fourth-order valence-electron chi connectivity index (χ4n) is 2.21. The molecule has 0 aromatic carbocycles. The van der Waals surface area contributed by atoms with Crippen molar-refractivity contribution in [1.29, 1.82) is 0 Å². The minimum absolute atomic E-state index is 0.417. The summed E-state index contributed by atoms with van der Waals surface area (Å²) in [6.45, 7) is 12.9. The molecule has 0 spiro atoms.